The SMILES string of the molecule is CCNC(=NCc1cccc(C(=O)NCC2CCCO2)c1)NCC1CCCN1CC.I. The molecule has 3 N–H and O–H groups in total. The smallest absolute Gasteiger partial charge is 0.251 e. The highest BCUT2D eigenvalue weighted by atomic mass is 127. The lowest BCUT2D eigenvalue weighted by molar-refractivity contribution is 0.0857. The Morgan fingerprint density at radius 3 is 2.77 bits per heavy atom. The molecule has 1 amide bonds. The summed E-state index contributed by atoms with van der Waals surface area (Å²) in [6.07, 6.45) is 4.76. The van der Waals surface area contributed by atoms with Gasteiger partial charge in [-0.1, -0.05) is 19.1 Å². The first-order valence-corrected chi connectivity index (χ1v) is 11.4. The van der Waals surface area contributed by atoms with E-state index in [2.05, 4.69) is 34.7 Å². The highest BCUT2D eigenvalue weighted by molar-refractivity contribution is 14.0. The van der Waals surface area contributed by atoms with Crippen molar-refractivity contribution in [3.05, 3.63) is 35.4 Å². The number of carbonyl (C=O) groups is 1. The van der Waals surface area contributed by atoms with Crippen LogP contribution in [0.4, 0.5) is 0 Å². The summed E-state index contributed by atoms with van der Waals surface area (Å²) >= 11 is 0. The highest BCUT2D eigenvalue weighted by Crippen LogP contribution is 2.15. The van der Waals surface area contributed by atoms with Gasteiger partial charge in [0.25, 0.3) is 5.91 Å². The van der Waals surface area contributed by atoms with E-state index in [1.54, 1.807) is 0 Å². The van der Waals surface area contributed by atoms with Crippen molar-refractivity contribution in [2.75, 3.05) is 39.3 Å². The fourth-order valence-corrected chi connectivity index (χ4v) is 4.19. The fraction of sp³-hybridized carbons (Fsp3) is 0.652. The molecule has 3 rings (SSSR count). The molecule has 174 valence electrons. The van der Waals surface area contributed by atoms with Crippen molar-refractivity contribution in [1.29, 1.82) is 0 Å². The van der Waals surface area contributed by atoms with Gasteiger partial charge < -0.3 is 20.7 Å². The van der Waals surface area contributed by atoms with Crippen LogP contribution in [0.15, 0.2) is 29.3 Å². The lowest BCUT2D eigenvalue weighted by Crippen LogP contribution is -2.44. The second kappa shape index (κ2) is 13.9. The molecule has 1 aromatic carbocycles. The molecule has 0 aromatic heterocycles. The minimum absolute atomic E-state index is 0. The Kier molecular flexibility index (Phi) is 11.6. The topological polar surface area (TPSA) is 78.0 Å². The fourth-order valence-electron chi connectivity index (χ4n) is 4.19. The predicted molar refractivity (Wildman–Crippen MR) is 136 cm³/mol. The maximum Gasteiger partial charge on any atom is 0.251 e. The van der Waals surface area contributed by atoms with Crippen LogP contribution in [-0.2, 0) is 11.3 Å². The maximum atomic E-state index is 12.5. The summed E-state index contributed by atoms with van der Waals surface area (Å²) in [5.41, 5.74) is 1.69. The molecule has 7 nitrogen and oxygen atoms in total. The summed E-state index contributed by atoms with van der Waals surface area (Å²) in [6, 6.07) is 8.28. The van der Waals surface area contributed by atoms with Crippen molar-refractivity contribution in [2.24, 2.45) is 4.99 Å². The number of rotatable bonds is 9. The van der Waals surface area contributed by atoms with Crippen LogP contribution in [0, 0.1) is 0 Å². The van der Waals surface area contributed by atoms with Crippen LogP contribution in [0.2, 0.25) is 0 Å². The Balaban J connectivity index is 0.00000341. The van der Waals surface area contributed by atoms with Crippen molar-refractivity contribution >= 4 is 35.8 Å². The van der Waals surface area contributed by atoms with Gasteiger partial charge in [0.15, 0.2) is 5.96 Å². The van der Waals surface area contributed by atoms with E-state index in [9.17, 15) is 4.79 Å². The summed E-state index contributed by atoms with van der Waals surface area (Å²) < 4.78 is 5.57. The molecule has 2 saturated heterocycles. The predicted octanol–water partition coefficient (Wildman–Crippen LogP) is 2.75. The zero-order valence-electron chi connectivity index (χ0n) is 18.9. The molecule has 0 radical (unpaired) electrons. The number of nitrogens with one attached hydrogen (secondary N) is 3. The Hall–Kier alpha value is -1.39. The summed E-state index contributed by atoms with van der Waals surface area (Å²) in [4.78, 5) is 19.7. The lowest BCUT2D eigenvalue weighted by atomic mass is 10.1. The normalized spacial score (nSPS) is 21.5. The second-order valence-electron chi connectivity index (χ2n) is 8.05. The zero-order chi connectivity index (χ0) is 21.2. The Morgan fingerprint density at radius 2 is 2.03 bits per heavy atom. The van der Waals surface area contributed by atoms with Crippen LogP contribution < -0.4 is 16.0 Å². The minimum Gasteiger partial charge on any atom is -0.376 e. The van der Waals surface area contributed by atoms with Gasteiger partial charge in [-0.05, 0) is 63.4 Å². The van der Waals surface area contributed by atoms with Crippen LogP contribution >= 0.6 is 24.0 Å². The molecule has 1 aromatic rings. The van der Waals surface area contributed by atoms with Gasteiger partial charge in [-0.25, -0.2) is 4.99 Å². The third-order valence-electron chi connectivity index (χ3n) is 5.88. The number of amides is 1. The number of guanidine groups is 1. The average molecular weight is 543 g/mol. The number of hydrogen-bond donors (Lipinski definition) is 3. The van der Waals surface area contributed by atoms with Crippen molar-refractivity contribution in [3.63, 3.8) is 0 Å². The lowest BCUT2D eigenvalue weighted by Gasteiger charge is -2.24. The summed E-state index contributed by atoms with van der Waals surface area (Å²) in [5.74, 6) is 0.774. The van der Waals surface area contributed by atoms with Gasteiger partial charge >= 0.3 is 0 Å². The quantitative estimate of drug-likeness (QED) is 0.254. The third kappa shape index (κ3) is 8.23. The van der Waals surface area contributed by atoms with E-state index in [0.29, 0.717) is 24.7 Å². The van der Waals surface area contributed by atoms with E-state index < -0.39 is 0 Å². The number of benzene rings is 1. The number of ether oxygens (including phenoxy) is 1. The molecule has 2 atom stereocenters. The Labute approximate surface area is 203 Å². The van der Waals surface area contributed by atoms with E-state index in [-0.39, 0.29) is 36.0 Å². The van der Waals surface area contributed by atoms with E-state index in [0.717, 1.165) is 50.6 Å². The Morgan fingerprint density at radius 1 is 1.16 bits per heavy atom. The van der Waals surface area contributed by atoms with Crippen molar-refractivity contribution in [2.45, 2.75) is 58.2 Å². The summed E-state index contributed by atoms with van der Waals surface area (Å²) in [6.45, 7) is 10.2. The van der Waals surface area contributed by atoms with Crippen LogP contribution in [-0.4, -0.2) is 68.2 Å². The first-order chi connectivity index (χ1) is 14.7. The number of hydrogen-bond acceptors (Lipinski definition) is 4. The molecule has 0 aliphatic carbocycles. The number of carbonyl (C=O) groups excluding carboxylic acids is 1. The van der Waals surface area contributed by atoms with E-state index in [1.165, 1.54) is 19.4 Å². The molecule has 0 bridgehead atoms. The number of halogens is 1. The number of likely N-dealkylation sites (N-methyl/N-ethyl adjacent to an activating group) is 1. The molecular weight excluding hydrogens is 505 g/mol. The van der Waals surface area contributed by atoms with Crippen LogP contribution in [0.5, 0.6) is 0 Å². The maximum absolute atomic E-state index is 12.5. The largest absolute Gasteiger partial charge is 0.376 e. The molecule has 0 saturated carbocycles. The third-order valence-corrected chi connectivity index (χ3v) is 5.88. The van der Waals surface area contributed by atoms with Gasteiger partial charge in [0.2, 0.25) is 0 Å². The molecule has 2 fully saturated rings. The van der Waals surface area contributed by atoms with Gasteiger partial charge in [-0.3, -0.25) is 9.69 Å². The zero-order valence-corrected chi connectivity index (χ0v) is 21.2. The number of aliphatic imine (C=N–C) groups is 1. The molecule has 2 heterocycles. The standard InChI is InChI=1S/C23H37N5O2.HI/c1-3-24-23(27-16-20-10-6-12-28(20)4-2)26-15-18-8-5-9-19(14-18)22(29)25-17-21-11-7-13-30-21;/h5,8-9,14,20-21H,3-4,6-7,10-13,15-17H2,1-2H3,(H,25,29)(H2,24,26,27);1H. The Bertz CT molecular complexity index is 709. The first kappa shape index (κ1) is 25.9. The average Bonchev–Trinajstić information content (AvgIpc) is 3.45. The molecule has 31 heavy (non-hydrogen) atoms. The molecule has 2 aliphatic rings. The van der Waals surface area contributed by atoms with E-state index in [1.807, 2.05) is 24.3 Å². The van der Waals surface area contributed by atoms with Crippen molar-refractivity contribution in [1.82, 2.24) is 20.9 Å². The summed E-state index contributed by atoms with van der Waals surface area (Å²) in [5, 5.41) is 9.80. The number of nitrogens with zero attached hydrogens (tertiary/aromatic N) is 2. The first-order valence-electron chi connectivity index (χ1n) is 11.4. The van der Waals surface area contributed by atoms with Crippen LogP contribution in [0.3, 0.4) is 0 Å². The number of likely N-dealkylation sites (tertiary alicyclic amines) is 1. The van der Waals surface area contributed by atoms with Gasteiger partial charge in [0.05, 0.1) is 12.6 Å². The second-order valence-corrected chi connectivity index (χ2v) is 8.05. The molecule has 2 unspecified atom stereocenters. The summed E-state index contributed by atoms with van der Waals surface area (Å²) in [7, 11) is 0. The van der Waals surface area contributed by atoms with Crippen molar-refractivity contribution < 1.29 is 9.53 Å². The molecule has 8 heteroatoms. The molecule has 2 aliphatic heterocycles. The van der Waals surface area contributed by atoms with E-state index >= 15 is 0 Å². The van der Waals surface area contributed by atoms with Crippen LogP contribution in [0.1, 0.15) is 55.5 Å². The minimum atomic E-state index is -0.0535. The molecule has 0 spiro atoms. The van der Waals surface area contributed by atoms with Gasteiger partial charge in [0, 0.05) is 37.8 Å². The van der Waals surface area contributed by atoms with Crippen molar-refractivity contribution in [3.8, 4) is 0 Å². The van der Waals surface area contributed by atoms with Gasteiger partial charge in [-0.2, -0.15) is 0 Å². The van der Waals surface area contributed by atoms with Crippen LogP contribution in [0.25, 0.3) is 0 Å². The molecular formula is C23H38IN5O2. The monoisotopic (exact) mass is 543 g/mol. The van der Waals surface area contributed by atoms with Gasteiger partial charge in [0.1, 0.15) is 0 Å². The van der Waals surface area contributed by atoms with Gasteiger partial charge in [-0.15, -0.1) is 24.0 Å². The highest BCUT2D eigenvalue weighted by Gasteiger charge is 2.22. The van der Waals surface area contributed by atoms with E-state index in [4.69, 9.17) is 9.73 Å².